The lowest BCUT2D eigenvalue weighted by Gasteiger charge is -2.36. The molecular formula is C72H120O24. The Hall–Kier alpha value is -6.36. The summed E-state index contributed by atoms with van der Waals surface area (Å²) in [6.07, 6.45) is 4.08. The number of hydrogen-bond acceptors (Lipinski definition) is 24. The highest BCUT2D eigenvalue weighted by Gasteiger charge is 2.56. The van der Waals surface area contributed by atoms with Crippen molar-refractivity contribution in [3.63, 3.8) is 0 Å². The fraction of sp³-hybridized carbons (Fsp3) is 0.833. The van der Waals surface area contributed by atoms with E-state index in [4.69, 9.17) is 56.8 Å². The van der Waals surface area contributed by atoms with Crippen LogP contribution in [-0.4, -0.2) is 144 Å². The standard InChI is InChI=1S/2C13H22O4.3C12H20O4.C10H16O4/c1-7-11(2,3)10(15)17-13(6)8-9(14)16-12(13,4)5;1-6-12(2,3)11(15)17-13(4,5)9-7-10(14)16-8-9;1-6-11(2,3)10(14)16-8-9(13)15-7-12(8,4)5;1-6-11(2,3)10(14)15-8-7-12(4,5)16-9(8)13;1-5-11(2,3)10(14)16-12(4)6-7-15-9(13)8-12;1-4-10(2,3)9(12)14-7-5-8(11)13-6-7/h7-8H2,1-6H3;9H,6-8H2,1-5H3;2*8H,6-7H2,1-5H3;5-8H2,1-4H3;7H,4-6H2,1-3H3. The second kappa shape index (κ2) is 33.9. The van der Waals surface area contributed by atoms with Crippen molar-refractivity contribution in [3.8, 4) is 0 Å². The maximum Gasteiger partial charge on any atom is 0.348 e. The van der Waals surface area contributed by atoms with Crippen LogP contribution in [0, 0.1) is 43.8 Å². The predicted octanol–water partition coefficient (Wildman–Crippen LogP) is 12.1. The van der Waals surface area contributed by atoms with E-state index in [2.05, 4.69) is 0 Å². The molecule has 552 valence electrons. The molecule has 0 spiro atoms. The third kappa shape index (κ3) is 25.8. The molecule has 24 heteroatoms. The minimum atomic E-state index is -0.881. The van der Waals surface area contributed by atoms with Gasteiger partial charge >= 0.3 is 71.6 Å². The molecule has 6 rings (SSSR count). The molecule has 96 heavy (non-hydrogen) atoms. The van der Waals surface area contributed by atoms with E-state index in [1.54, 1.807) is 41.5 Å². The van der Waals surface area contributed by atoms with E-state index in [9.17, 15) is 57.5 Å². The van der Waals surface area contributed by atoms with E-state index < -0.39 is 90.1 Å². The summed E-state index contributed by atoms with van der Waals surface area (Å²) in [6, 6.07) is 0. The van der Waals surface area contributed by atoms with Crippen molar-refractivity contribution in [2.75, 3.05) is 26.4 Å². The molecule has 0 aliphatic carbocycles. The summed E-state index contributed by atoms with van der Waals surface area (Å²) in [5, 5.41) is 0. The summed E-state index contributed by atoms with van der Waals surface area (Å²) in [6.45, 7) is 52.8. The van der Waals surface area contributed by atoms with E-state index >= 15 is 0 Å². The van der Waals surface area contributed by atoms with Gasteiger partial charge in [0.05, 0.1) is 71.4 Å². The van der Waals surface area contributed by atoms with Crippen molar-refractivity contribution in [2.24, 2.45) is 43.8 Å². The Morgan fingerprint density at radius 1 is 0.448 bits per heavy atom. The maximum absolute atomic E-state index is 12.1. The third-order valence-corrected chi connectivity index (χ3v) is 19.4. The first-order chi connectivity index (χ1) is 43.4. The lowest BCUT2D eigenvalue weighted by Crippen LogP contribution is -2.49. The smallest absolute Gasteiger partial charge is 0.348 e. The highest BCUT2D eigenvalue weighted by atomic mass is 16.6. The summed E-state index contributed by atoms with van der Waals surface area (Å²) in [4.78, 5) is 138. The SMILES string of the molecule is CCC(C)(C)C(=O)OC(C)(C)C1COC(=O)C1.CCC(C)(C)C(=O)OC1(C)CC(=O)OC1(C)C.CCC(C)(C)C(=O)OC1(C)CCOC(=O)C1.CCC(C)(C)C(=O)OC1C(=O)OCC1(C)C.CCC(C)(C)C(=O)OC1CC(C)(C)OC1=O.CCC(C)(C)C(=O)OC1COC(=O)C1. The number of carbonyl (C=O) groups excluding carboxylic acids is 12. The van der Waals surface area contributed by atoms with Crippen LogP contribution in [0.1, 0.15) is 271 Å². The van der Waals surface area contributed by atoms with Gasteiger partial charge in [0.1, 0.15) is 41.7 Å². The summed E-state index contributed by atoms with van der Waals surface area (Å²) in [5.74, 6) is -3.74. The second-order valence-corrected chi connectivity index (χ2v) is 32.3. The van der Waals surface area contributed by atoms with Crippen LogP contribution < -0.4 is 0 Å². The van der Waals surface area contributed by atoms with Gasteiger partial charge in [-0.05, 0) is 177 Å². The number of ether oxygens (including phenoxy) is 12. The number of cyclic esters (lactones) is 6. The van der Waals surface area contributed by atoms with Crippen molar-refractivity contribution in [1.29, 1.82) is 0 Å². The largest absolute Gasteiger partial charge is 0.465 e. The number of carbonyl (C=O) groups is 12. The molecule has 6 fully saturated rings. The Balaban J connectivity index is 0.000000577. The van der Waals surface area contributed by atoms with Crippen LogP contribution in [0.2, 0.25) is 0 Å². The predicted molar refractivity (Wildman–Crippen MR) is 352 cm³/mol. The lowest BCUT2D eigenvalue weighted by atomic mass is 9.85. The molecule has 0 N–H and O–H groups in total. The van der Waals surface area contributed by atoms with E-state index in [1.165, 1.54) is 0 Å². The summed E-state index contributed by atoms with van der Waals surface area (Å²) in [5.41, 5.74) is -7.08. The van der Waals surface area contributed by atoms with E-state index in [-0.39, 0.29) is 97.6 Å². The number of esters is 12. The van der Waals surface area contributed by atoms with Crippen LogP contribution in [0.3, 0.4) is 0 Å². The van der Waals surface area contributed by atoms with Gasteiger partial charge in [-0.25, -0.2) is 9.59 Å². The highest BCUT2D eigenvalue weighted by Crippen LogP contribution is 2.42. The van der Waals surface area contributed by atoms with Gasteiger partial charge in [0.25, 0.3) is 0 Å². The van der Waals surface area contributed by atoms with Crippen molar-refractivity contribution in [3.05, 3.63) is 0 Å². The van der Waals surface area contributed by atoms with E-state index in [0.29, 0.717) is 71.2 Å². The van der Waals surface area contributed by atoms with Gasteiger partial charge in [-0.3, -0.25) is 47.9 Å². The minimum Gasteiger partial charge on any atom is -0.465 e. The van der Waals surface area contributed by atoms with E-state index in [0.717, 1.165) is 6.42 Å². The molecule has 24 nitrogen and oxygen atoms in total. The van der Waals surface area contributed by atoms with Gasteiger partial charge in [-0.2, -0.15) is 0 Å². The zero-order valence-electron chi connectivity index (χ0n) is 63.4. The van der Waals surface area contributed by atoms with Crippen LogP contribution in [-0.2, 0) is 114 Å². The van der Waals surface area contributed by atoms with Crippen LogP contribution in [0.4, 0.5) is 0 Å². The van der Waals surface area contributed by atoms with Crippen molar-refractivity contribution in [2.45, 2.75) is 317 Å². The van der Waals surface area contributed by atoms with Gasteiger partial charge in [-0.1, -0.05) is 55.4 Å². The summed E-state index contributed by atoms with van der Waals surface area (Å²) < 4.78 is 61.9. The van der Waals surface area contributed by atoms with Gasteiger partial charge in [-0.15, -0.1) is 0 Å². The summed E-state index contributed by atoms with van der Waals surface area (Å²) >= 11 is 0. The molecule has 6 unspecified atom stereocenters. The van der Waals surface area contributed by atoms with Crippen molar-refractivity contribution >= 4 is 71.6 Å². The molecule has 6 aliphatic heterocycles. The first-order valence-corrected chi connectivity index (χ1v) is 33.8. The molecule has 0 amide bonds. The Morgan fingerprint density at radius 3 is 1.25 bits per heavy atom. The molecule has 6 aliphatic rings. The van der Waals surface area contributed by atoms with Crippen molar-refractivity contribution in [1.82, 2.24) is 0 Å². The van der Waals surface area contributed by atoms with Gasteiger partial charge in [0, 0.05) is 24.2 Å². The Kier molecular flexibility index (Phi) is 31.0. The Bertz CT molecular complexity index is 2760. The normalized spacial score (nSPS) is 24.2. The maximum atomic E-state index is 12.1. The van der Waals surface area contributed by atoms with Gasteiger partial charge in [0.2, 0.25) is 12.2 Å². The van der Waals surface area contributed by atoms with Crippen LogP contribution in [0.5, 0.6) is 0 Å². The molecule has 0 saturated carbocycles. The minimum absolute atomic E-state index is 0.0494. The number of rotatable bonds is 19. The van der Waals surface area contributed by atoms with Gasteiger partial charge in [0.15, 0.2) is 5.60 Å². The fourth-order valence-electron chi connectivity index (χ4n) is 8.34. The van der Waals surface area contributed by atoms with Crippen LogP contribution in [0.15, 0.2) is 0 Å². The molecule has 6 saturated heterocycles. The Morgan fingerprint density at radius 2 is 0.875 bits per heavy atom. The molecule has 6 atom stereocenters. The molecule has 0 aromatic heterocycles. The average molecular weight is 1370 g/mol. The molecule has 0 bridgehead atoms. The third-order valence-electron chi connectivity index (χ3n) is 19.4. The van der Waals surface area contributed by atoms with Crippen LogP contribution >= 0.6 is 0 Å². The molecule has 0 radical (unpaired) electrons. The average Bonchev–Trinajstić information content (AvgIpc) is 1.62. The molecule has 6 heterocycles. The highest BCUT2D eigenvalue weighted by molar-refractivity contribution is 5.85. The lowest BCUT2D eigenvalue weighted by molar-refractivity contribution is -0.185. The number of hydrogen-bond donors (Lipinski definition) is 0. The fourth-order valence-corrected chi connectivity index (χ4v) is 8.34. The quantitative estimate of drug-likeness (QED) is 0.0856. The van der Waals surface area contributed by atoms with Crippen LogP contribution in [0.25, 0.3) is 0 Å². The Labute approximate surface area is 571 Å². The first-order valence-electron chi connectivity index (χ1n) is 33.8. The van der Waals surface area contributed by atoms with E-state index in [1.807, 2.05) is 152 Å². The monoisotopic (exact) mass is 1370 g/mol. The zero-order chi connectivity index (χ0) is 75.0. The molecule has 0 aromatic rings. The second-order valence-electron chi connectivity index (χ2n) is 32.3. The van der Waals surface area contributed by atoms with Gasteiger partial charge < -0.3 is 56.8 Å². The summed E-state index contributed by atoms with van der Waals surface area (Å²) in [7, 11) is 0. The first kappa shape index (κ1) is 87.7. The van der Waals surface area contributed by atoms with Crippen molar-refractivity contribution < 1.29 is 114 Å². The zero-order valence-corrected chi connectivity index (χ0v) is 63.4. The topological polar surface area (TPSA) is 316 Å². The molecular weight excluding hydrogens is 1250 g/mol. The molecule has 0 aromatic carbocycles.